The Labute approximate surface area is 115 Å². The van der Waals surface area contributed by atoms with Crippen molar-refractivity contribution in [3.05, 3.63) is 29.8 Å². The number of amides is 1. The van der Waals surface area contributed by atoms with E-state index in [1.165, 1.54) is 0 Å². The maximum atomic E-state index is 11.8. The molecule has 0 aliphatic carbocycles. The summed E-state index contributed by atoms with van der Waals surface area (Å²) < 4.78 is 0. The predicted octanol–water partition coefficient (Wildman–Crippen LogP) is 2.27. The Kier molecular flexibility index (Phi) is 7.15. The molecule has 4 nitrogen and oxygen atoms in total. The fourth-order valence-corrected chi connectivity index (χ4v) is 2.04. The smallest absolute Gasteiger partial charge is 0.224 e. The van der Waals surface area contributed by atoms with Gasteiger partial charge in [0.15, 0.2) is 0 Å². The van der Waals surface area contributed by atoms with Crippen molar-refractivity contribution < 1.29 is 9.90 Å². The Morgan fingerprint density at radius 2 is 2.00 bits per heavy atom. The van der Waals surface area contributed by atoms with E-state index in [9.17, 15) is 4.79 Å². The Morgan fingerprint density at radius 1 is 1.32 bits per heavy atom. The maximum absolute atomic E-state index is 11.8. The van der Waals surface area contributed by atoms with Crippen molar-refractivity contribution in [2.24, 2.45) is 11.7 Å². The standard InChI is InChI=1S/C15H24N2O2/c1-2-12(9-10-16)5-8-15(19)17-14-6-3-13(11-18)4-7-14/h3-4,6-7,12,18H,2,5,8-11,16H2,1H3,(H,17,19). The molecule has 0 aromatic heterocycles. The molecule has 0 aliphatic heterocycles. The first kappa shape index (κ1) is 15.7. The summed E-state index contributed by atoms with van der Waals surface area (Å²) in [5.41, 5.74) is 7.15. The first-order chi connectivity index (χ1) is 9.19. The molecule has 0 heterocycles. The van der Waals surface area contributed by atoms with E-state index in [0.29, 0.717) is 18.9 Å². The molecular weight excluding hydrogens is 240 g/mol. The first-order valence-corrected chi connectivity index (χ1v) is 6.89. The van der Waals surface area contributed by atoms with Gasteiger partial charge in [-0.25, -0.2) is 0 Å². The van der Waals surface area contributed by atoms with Crippen LogP contribution in [0.2, 0.25) is 0 Å². The SMILES string of the molecule is CCC(CCN)CCC(=O)Nc1ccc(CO)cc1. The average Bonchev–Trinajstić information content (AvgIpc) is 2.44. The Morgan fingerprint density at radius 3 is 2.53 bits per heavy atom. The van der Waals surface area contributed by atoms with Crippen LogP contribution < -0.4 is 11.1 Å². The number of aliphatic hydroxyl groups is 1. The predicted molar refractivity (Wildman–Crippen MR) is 77.7 cm³/mol. The van der Waals surface area contributed by atoms with Crippen molar-refractivity contribution in [3.8, 4) is 0 Å². The van der Waals surface area contributed by atoms with Crippen LogP contribution in [0.25, 0.3) is 0 Å². The highest BCUT2D eigenvalue weighted by molar-refractivity contribution is 5.90. The molecule has 0 bridgehead atoms. The van der Waals surface area contributed by atoms with E-state index in [1.807, 2.05) is 0 Å². The summed E-state index contributed by atoms with van der Waals surface area (Å²) in [6.45, 7) is 2.83. The van der Waals surface area contributed by atoms with Gasteiger partial charge in [-0.15, -0.1) is 0 Å². The van der Waals surface area contributed by atoms with Crippen LogP contribution in [0.4, 0.5) is 5.69 Å². The topological polar surface area (TPSA) is 75.4 Å². The van der Waals surface area contributed by atoms with Gasteiger partial charge in [0.25, 0.3) is 0 Å². The molecule has 0 saturated heterocycles. The van der Waals surface area contributed by atoms with E-state index < -0.39 is 0 Å². The summed E-state index contributed by atoms with van der Waals surface area (Å²) in [6, 6.07) is 7.22. The quantitative estimate of drug-likeness (QED) is 0.674. The highest BCUT2D eigenvalue weighted by Crippen LogP contribution is 2.16. The van der Waals surface area contributed by atoms with Gasteiger partial charge in [-0.1, -0.05) is 25.5 Å². The van der Waals surface area contributed by atoms with Crippen molar-refractivity contribution in [2.75, 3.05) is 11.9 Å². The minimum atomic E-state index is 0.0193. The van der Waals surface area contributed by atoms with Crippen LogP contribution in [0.15, 0.2) is 24.3 Å². The van der Waals surface area contributed by atoms with Crippen molar-refractivity contribution in [1.82, 2.24) is 0 Å². The van der Waals surface area contributed by atoms with Crippen molar-refractivity contribution in [1.29, 1.82) is 0 Å². The van der Waals surface area contributed by atoms with E-state index >= 15 is 0 Å². The zero-order valence-electron chi connectivity index (χ0n) is 11.6. The molecule has 1 aromatic carbocycles. The van der Waals surface area contributed by atoms with Crippen LogP contribution in [-0.2, 0) is 11.4 Å². The maximum Gasteiger partial charge on any atom is 0.224 e. The second kappa shape index (κ2) is 8.67. The first-order valence-electron chi connectivity index (χ1n) is 6.89. The molecule has 0 spiro atoms. The van der Waals surface area contributed by atoms with E-state index in [4.69, 9.17) is 10.8 Å². The number of nitrogens with two attached hydrogens (primary N) is 1. The molecule has 0 aliphatic rings. The van der Waals surface area contributed by atoms with Crippen LogP contribution in [0.5, 0.6) is 0 Å². The van der Waals surface area contributed by atoms with Crippen LogP contribution in [0.1, 0.15) is 38.2 Å². The second-order valence-corrected chi connectivity index (χ2v) is 4.79. The number of nitrogens with one attached hydrogen (secondary N) is 1. The number of rotatable bonds is 8. The third-order valence-corrected chi connectivity index (χ3v) is 3.35. The highest BCUT2D eigenvalue weighted by Gasteiger charge is 2.09. The molecule has 1 amide bonds. The number of hydrogen-bond acceptors (Lipinski definition) is 3. The third kappa shape index (κ3) is 5.85. The van der Waals surface area contributed by atoms with Crippen LogP contribution in [0, 0.1) is 5.92 Å². The van der Waals surface area contributed by atoms with E-state index in [2.05, 4.69) is 12.2 Å². The molecular formula is C15H24N2O2. The molecule has 106 valence electrons. The molecule has 4 heteroatoms. The van der Waals surface area contributed by atoms with Crippen LogP contribution in [-0.4, -0.2) is 17.6 Å². The van der Waals surface area contributed by atoms with Gasteiger partial charge in [-0.3, -0.25) is 4.79 Å². The third-order valence-electron chi connectivity index (χ3n) is 3.35. The van der Waals surface area contributed by atoms with Gasteiger partial charge in [0, 0.05) is 12.1 Å². The lowest BCUT2D eigenvalue weighted by atomic mass is 9.96. The fraction of sp³-hybridized carbons (Fsp3) is 0.533. The molecule has 1 rings (SSSR count). The van der Waals surface area contributed by atoms with Gasteiger partial charge in [0.2, 0.25) is 5.91 Å². The lowest BCUT2D eigenvalue weighted by molar-refractivity contribution is -0.116. The average molecular weight is 264 g/mol. The number of carbonyl (C=O) groups is 1. The molecule has 0 fully saturated rings. The van der Waals surface area contributed by atoms with Crippen molar-refractivity contribution >= 4 is 11.6 Å². The molecule has 1 atom stereocenters. The van der Waals surface area contributed by atoms with Crippen LogP contribution in [0.3, 0.4) is 0 Å². The second-order valence-electron chi connectivity index (χ2n) is 4.79. The minimum Gasteiger partial charge on any atom is -0.392 e. The summed E-state index contributed by atoms with van der Waals surface area (Å²) in [5.74, 6) is 0.569. The van der Waals surface area contributed by atoms with Crippen molar-refractivity contribution in [2.45, 2.75) is 39.2 Å². The Balaban J connectivity index is 2.37. The highest BCUT2D eigenvalue weighted by atomic mass is 16.3. The molecule has 4 N–H and O–H groups in total. The number of benzene rings is 1. The van der Waals surface area contributed by atoms with Gasteiger partial charge in [0.1, 0.15) is 0 Å². The number of carbonyl (C=O) groups excluding carboxylic acids is 1. The molecule has 1 unspecified atom stereocenters. The van der Waals surface area contributed by atoms with E-state index in [0.717, 1.165) is 30.5 Å². The Hall–Kier alpha value is -1.39. The van der Waals surface area contributed by atoms with Crippen LogP contribution >= 0.6 is 0 Å². The zero-order chi connectivity index (χ0) is 14.1. The Bertz CT molecular complexity index is 376. The van der Waals surface area contributed by atoms with Crippen molar-refractivity contribution in [3.63, 3.8) is 0 Å². The summed E-state index contributed by atoms with van der Waals surface area (Å²) in [6.07, 6.45) is 3.46. The van der Waals surface area contributed by atoms with E-state index in [1.54, 1.807) is 24.3 Å². The lowest BCUT2D eigenvalue weighted by Crippen LogP contribution is -2.15. The number of hydrogen-bond donors (Lipinski definition) is 3. The van der Waals surface area contributed by atoms with Gasteiger partial charge < -0.3 is 16.2 Å². The van der Waals surface area contributed by atoms with Gasteiger partial charge >= 0.3 is 0 Å². The summed E-state index contributed by atoms with van der Waals surface area (Å²) in [4.78, 5) is 11.8. The van der Waals surface area contributed by atoms with Gasteiger partial charge in [-0.2, -0.15) is 0 Å². The largest absolute Gasteiger partial charge is 0.392 e. The summed E-state index contributed by atoms with van der Waals surface area (Å²) >= 11 is 0. The lowest BCUT2D eigenvalue weighted by Gasteiger charge is -2.13. The number of aliphatic hydroxyl groups excluding tert-OH is 1. The molecule has 0 saturated carbocycles. The molecule has 0 radical (unpaired) electrons. The van der Waals surface area contributed by atoms with Gasteiger partial charge in [0.05, 0.1) is 6.61 Å². The normalized spacial score (nSPS) is 12.2. The minimum absolute atomic E-state index is 0.0193. The van der Waals surface area contributed by atoms with E-state index in [-0.39, 0.29) is 12.5 Å². The molecule has 19 heavy (non-hydrogen) atoms. The molecule has 1 aromatic rings. The number of anilines is 1. The fourth-order valence-electron chi connectivity index (χ4n) is 2.04. The summed E-state index contributed by atoms with van der Waals surface area (Å²) in [5, 5.41) is 11.8. The monoisotopic (exact) mass is 264 g/mol. The summed E-state index contributed by atoms with van der Waals surface area (Å²) in [7, 11) is 0. The zero-order valence-corrected chi connectivity index (χ0v) is 11.6. The van der Waals surface area contributed by atoms with Gasteiger partial charge in [-0.05, 0) is 43.0 Å².